The monoisotopic (exact) mass is 308 g/mol. The average molecular weight is 308 g/mol. The molecule has 0 saturated carbocycles. The van der Waals surface area contributed by atoms with Crippen LogP contribution in [0, 0.1) is 5.41 Å². The van der Waals surface area contributed by atoms with E-state index in [1.165, 1.54) is 0 Å². The van der Waals surface area contributed by atoms with E-state index in [4.69, 9.17) is 9.57 Å². The number of nitrogens with one attached hydrogen (secondary N) is 1. The van der Waals surface area contributed by atoms with Gasteiger partial charge in [0.1, 0.15) is 0 Å². The normalized spacial score (nSPS) is 24.9. The second-order valence-corrected chi connectivity index (χ2v) is 6.80. The highest BCUT2D eigenvalue weighted by atomic mass is 16.7. The van der Waals surface area contributed by atoms with Gasteiger partial charge in [-0.15, -0.1) is 0 Å². The molecule has 0 spiro atoms. The predicted molar refractivity (Wildman–Crippen MR) is 79.9 cm³/mol. The van der Waals surface area contributed by atoms with Crippen molar-refractivity contribution in [2.45, 2.75) is 38.8 Å². The van der Waals surface area contributed by atoms with Crippen LogP contribution >= 0.6 is 0 Å². The molecule has 2 aliphatic heterocycles. The van der Waals surface area contributed by atoms with Gasteiger partial charge >= 0.3 is 6.03 Å². The lowest BCUT2D eigenvalue weighted by molar-refractivity contribution is -0.0837. The molecule has 1 unspecified atom stereocenters. The van der Waals surface area contributed by atoms with Gasteiger partial charge in [0, 0.05) is 44.0 Å². The van der Waals surface area contributed by atoms with Crippen molar-refractivity contribution in [3.8, 4) is 0 Å². The van der Waals surface area contributed by atoms with Crippen molar-refractivity contribution in [1.82, 2.24) is 20.2 Å². The van der Waals surface area contributed by atoms with Crippen LogP contribution in [-0.2, 0) is 16.6 Å². The lowest BCUT2D eigenvalue weighted by atomic mass is 9.72. The maximum absolute atomic E-state index is 12.4. The van der Waals surface area contributed by atoms with Crippen LogP contribution in [0.3, 0.4) is 0 Å². The van der Waals surface area contributed by atoms with Gasteiger partial charge in [0.25, 0.3) is 0 Å². The van der Waals surface area contributed by atoms with Crippen LogP contribution in [0.4, 0.5) is 4.79 Å². The van der Waals surface area contributed by atoms with E-state index in [0.717, 1.165) is 18.4 Å². The minimum absolute atomic E-state index is 0.0273. The Balaban J connectivity index is 1.59. The number of amides is 2. The van der Waals surface area contributed by atoms with E-state index >= 15 is 0 Å². The second kappa shape index (κ2) is 5.89. The molecule has 3 rings (SSSR count). The smallest absolute Gasteiger partial charge is 0.341 e. The second-order valence-electron chi connectivity index (χ2n) is 6.80. The molecule has 22 heavy (non-hydrogen) atoms. The number of aryl methyl sites for hydroxylation is 1. The summed E-state index contributed by atoms with van der Waals surface area (Å²) in [5.41, 5.74) is 3.70. The molecule has 3 heterocycles. The summed E-state index contributed by atoms with van der Waals surface area (Å²) in [5, 5.41) is 4.21. The fraction of sp³-hybridized carbons (Fsp3) is 0.733. The Morgan fingerprint density at radius 3 is 2.77 bits per heavy atom. The molecule has 2 saturated heterocycles. The summed E-state index contributed by atoms with van der Waals surface area (Å²) in [7, 11) is 1.88. The van der Waals surface area contributed by atoms with Crippen molar-refractivity contribution in [1.29, 1.82) is 0 Å². The van der Waals surface area contributed by atoms with Gasteiger partial charge in [-0.05, 0) is 12.8 Å². The number of nitrogens with zero attached hydrogens (tertiary/aromatic N) is 3. The summed E-state index contributed by atoms with van der Waals surface area (Å²) >= 11 is 0. The Labute approximate surface area is 130 Å². The van der Waals surface area contributed by atoms with Gasteiger partial charge in [-0.1, -0.05) is 13.8 Å². The van der Waals surface area contributed by atoms with Crippen molar-refractivity contribution in [3.63, 3.8) is 0 Å². The van der Waals surface area contributed by atoms with Gasteiger partial charge < -0.3 is 9.64 Å². The van der Waals surface area contributed by atoms with Crippen LogP contribution in [0.1, 0.15) is 38.3 Å². The van der Waals surface area contributed by atoms with Crippen molar-refractivity contribution < 1.29 is 14.4 Å². The zero-order valence-electron chi connectivity index (χ0n) is 13.4. The van der Waals surface area contributed by atoms with Crippen LogP contribution in [0.15, 0.2) is 12.4 Å². The van der Waals surface area contributed by atoms with Crippen molar-refractivity contribution >= 4 is 6.03 Å². The van der Waals surface area contributed by atoms with E-state index in [-0.39, 0.29) is 23.6 Å². The lowest BCUT2D eigenvalue weighted by Crippen LogP contribution is -2.60. The van der Waals surface area contributed by atoms with Crippen LogP contribution in [0.5, 0.6) is 0 Å². The number of carbonyl (C=O) groups is 1. The van der Waals surface area contributed by atoms with Gasteiger partial charge in [-0.25, -0.2) is 10.3 Å². The first-order chi connectivity index (χ1) is 10.5. The van der Waals surface area contributed by atoms with Gasteiger partial charge in [0.15, 0.2) is 0 Å². The number of likely N-dealkylation sites (tertiary alicyclic amines) is 1. The Bertz CT molecular complexity index is 537. The van der Waals surface area contributed by atoms with Crippen LogP contribution in [0.25, 0.3) is 0 Å². The van der Waals surface area contributed by atoms with Crippen molar-refractivity contribution in [2.75, 3.05) is 19.8 Å². The third-order valence-corrected chi connectivity index (χ3v) is 4.41. The molecule has 2 aliphatic rings. The van der Waals surface area contributed by atoms with E-state index in [1.807, 2.05) is 19.4 Å². The molecule has 2 amide bonds. The molecule has 0 aromatic carbocycles. The Hall–Kier alpha value is -1.60. The number of aromatic nitrogens is 2. The largest absolute Gasteiger partial charge is 0.381 e. The molecular formula is C15H24N4O3. The number of hydroxylamine groups is 1. The van der Waals surface area contributed by atoms with E-state index < -0.39 is 0 Å². The minimum Gasteiger partial charge on any atom is -0.381 e. The Morgan fingerprint density at radius 1 is 1.45 bits per heavy atom. The summed E-state index contributed by atoms with van der Waals surface area (Å²) in [6.45, 7) is 6.41. The highest BCUT2D eigenvalue weighted by Gasteiger charge is 2.49. The minimum atomic E-state index is -0.181. The highest BCUT2D eigenvalue weighted by Crippen LogP contribution is 2.48. The molecule has 1 aromatic rings. The van der Waals surface area contributed by atoms with E-state index in [1.54, 1.807) is 9.58 Å². The first kappa shape index (κ1) is 15.3. The number of hydrogen-bond donors (Lipinski definition) is 1. The van der Waals surface area contributed by atoms with Gasteiger partial charge in [-0.3, -0.25) is 9.52 Å². The molecule has 0 bridgehead atoms. The fourth-order valence-corrected chi connectivity index (χ4v) is 3.31. The molecule has 0 radical (unpaired) electrons. The molecule has 7 nitrogen and oxygen atoms in total. The zero-order valence-corrected chi connectivity index (χ0v) is 13.4. The number of carbonyl (C=O) groups excluding carboxylic acids is 1. The third kappa shape index (κ3) is 2.96. The lowest BCUT2D eigenvalue weighted by Gasteiger charge is -2.53. The SMILES string of the molecule is Cn1cc(C2N(C(=O)NOC3CCOCC3)CC2(C)C)cn1. The topological polar surface area (TPSA) is 68.6 Å². The first-order valence-electron chi connectivity index (χ1n) is 7.76. The average Bonchev–Trinajstić information content (AvgIpc) is 2.89. The van der Waals surface area contributed by atoms with Crippen LogP contribution in [0.2, 0.25) is 0 Å². The maximum Gasteiger partial charge on any atom is 0.341 e. The standard InChI is InChI=1S/C15H24N4O3/c1-15(2)10-19(13(15)11-8-16-18(3)9-11)14(20)17-22-12-4-6-21-7-5-12/h8-9,12-13H,4-7,10H2,1-3H3,(H,17,20). The molecule has 2 fully saturated rings. The number of urea groups is 1. The molecule has 7 heteroatoms. The summed E-state index contributed by atoms with van der Waals surface area (Å²) in [6.07, 6.45) is 5.47. The predicted octanol–water partition coefficient (Wildman–Crippen LogP) is 1.62. The molecule has 1 N–H and O–H groups in total. The van der Waals surface area contributed by atoms with E-state index in [9.17, 15) is 4.79 Å². The number of ether oxygens (including phenoxy) is 1. The van der Waals surface area contributed by atoms with Crippen molar-refractivity contribution in [2.24, 2.45) is 12.5 Å². The maximum atomic E-state index is 12.4. The molecule has 122 valence electrons. The molecule has 1 atom stereocenters. The van der Waals surface area contributed by atoms with Gasteiger partial charge in [0.05, 0.1) is 18.3 Å². The number of hydrogen-bond acceptors (Lipinski definition) is 4. The van der Waals surface area contributed by atoms with Gasteiger partial charge in [-0.2, -0.15) is 5.10 Å². The summed E-state index contributed by atoms with van der Waals surface area (Å²) in [4.78, 5) is 19.7. The molecule has 0 aliphatic carbocycles. The van der Waals surface area contributed by atoms with Gasteiger partial charge in [0.2, 0.25) is 0 Å². The van der Waals surface area contributed by atoms with Crippen LogP contribution < -0.4 is 5.48 Å². The summed E-state index contributed by atoms with van der Waals surface area (Å²) < 4.78 is 7.04. The first-order valence-corrected chi connectivity index (χ1v) is 7.76. The van der Waals surface area contributed by atoms with E-state index in [2.05, 4.69) is 24.4 Å². The summed E-state index contributed by atoms with van der Waals surface area (Å²) in [5.74, 6) is 0. The van der Waals surface area contributed by atoms with Crippen molar-refractivity contribution in [3.05, 3.63) is 18.0 Å². The highest BCUT2D eigenvalue weighted by molar-refractivity contribution is 5.75. The Kier molecular flexibility index (Phi) is 4.10. The quantitative estimate of drug-likeness (QED) is 0.862. The summed E-state index contributed by atoms with van der Waals surface area (Å²) in [6, 6.07) is -0.154. The third-order valence-electron chi connectivity index (χ3n) is 4.41. The fourth-order valence-electron chi connectivity index (χ4n) is 3.31. The molecular weight excluding hydrogens is 284 g/mol. The number of rotatable bonds is 3. The van der Waals surface area contributed by atoms with Crippen LogP contribution in [-0.4, -0.2) is 46.6 Å². The van der Waals surface area contributed by atoms with E-state index in [0.29, 0.717) is 19.8 Å². The molecule has 1 aromatic heterocycles. The Morgan fingerprint density at radius 2 is 2.18 bits per heavy atom. The zero-order chi connectivity index (χ0) is 15.7.